The van der Waals surface area contributed by atoms with Gasteiger partial charge in [-0.2, -0.15) is 0 Å². The van der Waals surface area contributed by atoms with Crippen LogP contribution in [0.2, 0.25) is 0 Å². The number of phosphoric acid groups is 1. The Morgan fingerprint density at radius 3 is 1.23 bits per heavy atom. The van der Waals surface area contributed by atoms with E-state index in [0.717, 1.165) is 12.8 Å². The van der Waals surface area contributed by atoms with Crippen molar-refractivity contribution in [3.8, 4) is 11.5 Å². The number of rotatable bonds is 22. The second-order valence-electron chi connectivity index (χ2n) is 9.39. The van der Waals surface area contributed by atoms with Crippen LogP contribution in [0.4, 0.5) is 0 Å². The van der Waals surface area contributed by atoms with Gasteiger partial charge in [0.1, 0.15) is 11.5 Å². The first kappa shape index (κ1) is 29.5. The standard InChI is InChI=1S/C30H47O4P/c1-2-3-4-5-6-7-8-9-10-11-12-13-14-15-16-23-28-32-35(31,33-29-24-19-17-20-25-29)34-30-26-21-18-22-27-30/h17-22,24-27H,2-16,23,28H2,1H3. The lowest BCUT2D eigenvalue weighted by molar-refractivity contribution is 0.205. The van der Waals surface area contributed by atoms with Gasteiger partial charge in [0.2, 0.25) is 0 Å². The van der Waals surface area contributed by atoms with Crippen LogP contribution in [0.5, 0.6) is 11.5 Å². The summed E-state index contributed by atoms with van der Waals surface area (Å²) in [5, 5.41) is 0. The van der Waals surface area contributed by atoms with Gasteiger partial charge in [0.05, 0.1) is 6.61 Å². The summed E-state index contributed by atoms with van der Waals surface area (Å²) in [4.78, 5) is 0. The highest BCUT2D eigenvalue weighted by Crippen LogP contribution is 2.49. The minimum Gasteiger partial charge on any atom is -0.395 e. The molecule has 2 aromatic carbocycles. The van der Waals surface area contributed by atoms with Gasteiger partial charge in [0.15, 0.2) is 0 Å². The Morgan fingerprint density at radius 2 is 0.857 bits per heavy atom. The van der Waals surface area contributed by atoms with Crippen molar-refractivity contribution in [3.63, 3.8) is 0 Å². The molecular weight excluding hydrogens is 455 g/mol. The van der Waals surface area contributed by atoms with Crippen molar-refractivity contribution in [2.24, 2.45) is 0 Å². The maximum atomic E-state index is 13.2. The van der Waals surface area contributed by atoms with Crippen LogP contribution in [-0.2, 0) is 9.09 Å². The Kier molecular flexibility index (Phi) is 16.3. The van der Waals surface area contributed by atoms with Gasteiger partial charge in [0, 0.05) is 0 Å². The molecule has 0 radical (unpaired) electrons. The molecular formula is C30H47O4P. The first-order chi connectivity index (χ1) is 17.2. The fourth-order valence-corrected chi connectivity index (χ4v) is 5.37. The molecule has 0 bridgehead atoms. The first-order valence-electron chi connectivity index (χ1n) is 14.0. The van der Waals surface area contributed by atoms with Crippen LogP contribution in [0.3, 0.4) is 0 Å². The van der Waals surface area contributed by atoms with Gasteiger partial charge in [-0.05, 0) is 30.7 Å². The van der Waals surface area contributed by atoms with Crippen molar-refractivity contribution in [2.75, 3.05) is 6.61 Å². The van der Waals surface area contributed by atoms with Crippen LogP contribution >= 0.6 is 7.82 Å². The van der Waals surface area contributed by atoms with Crippen LogP contribution in [-0.4, -0.2) is 6.61 Å². The first-order valence-corrected chi connectivity index (χ1v) is 15.4. The second kappa shape index (κ2) is 19.4. The van der Waals surface area contributed by atoms with Crippen LogP contribution in [0, 0.1) is 0 Å². The largest absolute Gasteiger partial charge is 0.587 e. The number of unbranched alkanes of at least 4 members (excludes halogenated alkanes) is 15. The van der Waals surface area contributed by atoms with E-state index in [-0.39, 0.29) is 0 Å². The zero-order valence-corrected chi connectivity index (χ0v) is 22.8. The monoisotopic (exact) mass is 502 g/mol. The van der Waals surface area contributed by atoms with Gasteiger partial charge >= 0.3 is 7.82 Å². The zero-order valence-electron chi connectivity index (χ0n) is 21.9. The van der Waals surface area contributed by atoms with Gasteiger partial charge in [0.25, 0.3) is 0 Å². The lowest BCUT2D eigenvalue weighted by Gasteiger charge is -2.19. The summed E-state index contributed by atoms with van der Waals surface area (Å²) in [5.74, 6) is 0.942. The van der Waals surface area contributed by atoms with Crippen molar-refractivity contribution >= 4 is 7.82 Å². The molecule has 2 aromatic rings. The molecule has 0 saturated carbocycles. The minimum atomic E-state index is -3.75. The van der Waals surface area contributed by atoms with Crippen LogP contribution < -0.4 is 9.05 Å². The SMILES string of the molecule is CCCCCCCCCCCCCCCCCCOP(=O)(Oc1ccccc1)Oc1ccccc1. The fraction of sp³-hybridized carbons (Fsp3) is 0.600. The molecule has 2 rings (SSSR count). The molecule has 0 aromatic heterocycles. The van der Waals surface area contributed by atoms with Gasteiger partial charge < -0.3 is 9.05 Å². The molecule has 35 heavy (non-hydrogen) atoms. The van der Waals surface area contributed by atoms with Crippen molar-refractivity contribution < 1.29 is 18.1 Å². The molecule has 0 spiro atoms. The van der Waals surface area contributed by atoms with Crippen LogP contribution in [0.15, 0.2) is 60.7 Å². The van der Waals surface area contributed by atoms with E-state index in [2.05, 4.69) is 6.92 Å². The Labute approximate surface area is 214 Å². The van der Waals surface area contributed by atoms with E-state index in [1.807, 2.05) is 36.4 Å². The quantitative estimate of drug-likeness (QED) is 0.119. The zero-order chi connectivity index (χ0) is 24.9. The van der Waals surface area contributed by atoms with Crippen molar-refractivity contribution in [3.05, 3.63) is 60.7 Å². The summed E-state index contributed by atoms with van der Waals surface area (Å²) in [6, 6.07) is 18.1. The third-order valence-electron chi connectivity index (χ3n) is 6.17. The van der Waals surface area contributed by atoms with E-state index >= 15 is 0 Å². The smallest absolute Gasteiger partial charge is 0.395 e. The summed E-state index contributed by atoms with van der Waals surface area (Å²) in [5.41, 5.74) is 0. The van der Waals surface area contributed by atoms with Gasteiger partial charge in [-0.1, -0.05) is 140 Å². The molecule has 0 heterocycles. The van der Waals surface area contributed by atoms with E-state index in [4.69, 9.17) is 13.6 Å². The molecule has 0 aliphatic carbocycles. The molecule has 196 valence electrons. The molecule has 5 heteroatoms. The Hall–Kier alpha value is -1.77. The summed E-state index contributed by atoms with van der Waals surface area (Å²) in [6.07, 6.45) is 21.0. The number of hydrogen-bond acceptors (Lipinski definition) is 4. The average molecular weight is 503 g/mol. The predicted molar refractivity (Wildman–Crippen MR) is 147 cm³/mol. The summed E-state index contributed by atoms with van der Waals surface area (Å²) in [7, 11) is -3.75. The molecule has 0 amide bonds. The lowest BCUT2D eigenvalue weighted by atomic mass is 10.0. The van der Waals surface area contributed by atoms with E-state index in [1.54, 1.807) is 24.3 Å². The third kappa shape index (κ3) is 15.1. The second-order valence-corrected chi connectivity index (χ2v) is 10.9. The van der Waals surface area contributed by atoms with E-state index in [0.29, 0.717) is 18.1 Å². The molecule has 0 aliphatic heterocycles. The van der Waals surface area contributed by atoms with E-state index < -0.39 is 7.82 Å². The normalized spacial score (nSPS) is 11.5. The van der Waals surface area contributed by atoms with Gasteiger partial charge in [-0.3, -0.25) is 4.52 Å². The summed E-state index contributed by atoms with van der Waals surface area (Å²) >= 11 is 0. The summed E-state index contributed by atoms with van der Waals surface area (Å²) in [6.45, 7) is 2.63. The highest BCUT2D eigenvalue weighted by atomic mass is 31.2. The predicted octanol–water partition coefficient (Wildman–Crippen LogP) is 10.5. The Bertz CT molecular complexity index is 736. The molecule has 0 unspecified atom stereocenters. The van der Waals surface area contributed by atoms with E-state index in [9.17, 15) is 4.57 Å². The summed E-state index contributed by atoms with van der Waals surface area (Å²) < 4.78 is 30.2. The van der Waals surface area contributed by atoms with Crippen molar-refractivity contribution in [1.82, 2.24) is 0 Å². The van der Waals surface area contributed by atoms with E-state index in [1.165, 1.54) is 89.9 Å². The molecule has 0 saturated heterocycles. The fourth-order valence-electron chi connectivity index (χ4n) is 4.12. The highest BCUT2D eigenvalue weighted by molar-refractivity contribution is 7.49. The molecule has 0 fully saturated rings. The number of phosphoric ester groups is 1. The average Bonchev–Trinajstić information content (AvgIpc) is 2.87. The number of hydrogen-bond donors (Lipinski definition) is 0. The van der Waals surface area contributed by atoms with Crippen LogP contribution in [0.1, 0.15) is 110 Å². The molecule has 0 atom stereocenters. The van der Waals surface area contributed by atoms with Crippen molar-refractivity contribution in [2.45, 2.75) is 110 Å². The molecule has 4 nitrogen and oxygen atoms in total. The maximum Gasteiger partial charge on any atom is 0.587 e. The topological polar surface area (TPSA) is 44.8 Å². The Balaban J connectivity index is 1.51. The molecule has 0 aliphatic rings. The highest BCUT2D eigenvalue weighted by Gasteiger charge is 2.30. The molecule has 0 N–H and O–H groups in total. The Morgan fingerprint density at radius 1 is 0.514 bits per heavy atom. The third-order valence-corrected chi connectivity index (χ3v) is 7.54. The lowest BCUT2D eigenvalue weighted by Crippen LogP contribution is -2.06. The van der Waals surface area contributed by atoms with Crippen molar-refractivity contribution in [1.29, 1.82) is 0 Å². The van der Waals surface area contributed by atoms with Gasteiger partial charge in [-0.15, -0.1) is 0 Å². The number of para-hydroxylation sites is 2. The van der Waals surface area contributed by atoms with Gasteiger partial charge in [-0.25, -0.2) is 4.57 Å². The minimum absolute atomic E-state index is 0.357. The number of benzene rings is 2. The maximum absolute atomic E-state index is 13.2. The van der Waals surface area contributed by atoms with Crippen LogP contribution in [0.25, 0.3) is 0 Å².